The highest BCUT2D eigenvalue weighted by atomic mass is 35.5. The molecular weight excluding hydrogens is 407 g/mol. The summed E-state index contributed by atoms with van der Waals surface area (Å²) < 4.78 is 0. The number of nitrogens with one attached hydrogen (secondary N) is 2. The number of amidine groups is 1. The van der Waals surface area contributed by atoms with Gasteiger partial charge >= 0.3 is 0 Å². The molecule has 1 aliphatic heterocycles. The monoisotopic (exact) mass is 420 g/mol. The van der Waals surface area contributed by atoms with E-state index in [-0.39, 0.29) is 18.2 Å². The van der Waals surface area contributed by atoms with E-state index < -0.39 is 5.25 Å². The van der Waals surface area contributed by atoms with Gasteiger partial charge in [-0.05, 0) is 23.8 Å². The van der Waals surface area contributed by atoms with Crippen molar-refractivity contribution >= 4 is 63.8 Å². The summed E-state index contributed by atoms with van der Waals surface area (Å²) in [4.78, 5) is 24.2. The van der Waals surface area contributed by atoms with Gasteiger partial charge in [0, 0.05) is 11.4 Å². The molecule has 1 atom stereocenters. The largest absolute Gasteiger partial charge is 0.325 e. The first kappa shape index (κ1) is 19.4. The molecular formula is C18H14Cl2N4O2S. The van der Waals surface area contributed by atoms with Crippen molar-refractivity contribution in [3.05, 3.63) is 64.1 Å². The predicted octanol–water partition coefficient (Wildman–Crippen LogP) is 3.94. The van der Waals surface area contributed by atoms with Crippen molar-refractivity contribution in [1.82, 2.24) is 5.32 Å². The molecule has 2 amide bonds. The number of anilines is 1. The minimum atomic E-state index is -0.582. The molecule has 1 aliphatic rings. The minimum Gasteiger partial charge on any atom is -0.325 e. The number of benzene rings is 2. The quantitative estimate of drug-likeness (QED) is 0.567. The van der Waals surface area contributed by atoms with Crippen LogP contribution in [0.25, 0.3) is 0 Å². The number of hydrogen-bond acceptors (Lipinski definition) is 5. The Morgan fingerprint density at radius 2 is 2.00 bits per heavy atom. The first-order valence-electron chi connectivity index (χ1n) is 7.90. The normalized spacial score (nSPS) is 18.1. The first-order chi connectivity index (χ1) is 13.0. The smallest absolute Gasteiger partial charge is 0.240 e. The molecule has 3 rings (SSSR count). The summed E-state index contributed by atoms with van der Waals surface area (Å²) >= 11 is 13.0. The van der Waals surface area contributed by atoms with E-state index in [9.17, 15) is 9.59 Å². The van der Waals surface area contributed by atoms with Crippen LogP contribution in [0.15, 0.2) is 58.7 Å². The van der Waals surface area contributed by atoms with E-state index in [2.05, 4.69) is 20.8 Å². The van der Waals surface area contributed by atoms with Gasteiger partial charge in [-0.3, -0.25) is 9.59 Å². The molecule has 0 bridgehead atoms. The van der Waals surface area contributed by atoms with Gasteiger partial charge in [-0.15, -0.1) is 5.10 Å². The van der Waals surface area contributed by atoms with Crippen molar-refractivity contribution < 1.29 is 9.59 Å². The van der Waals surface area contributed by atoms with E-state index in [0.717, 1.165) is 17.3 Å². The standard InChI is InChI=1S/C18H14Cl2N4O2S/c19-12-6-7-14(13(20)8-12)22-16(25)9-15-17(26)23-18(27-15)24-21-10-11-4-2-1-3-5-11/h1-8,10,15H,9H2,(H,22,25)(H,23,24,26)/b21-10-/t15-/m0/s1. The SMILES string of the molecule is O=C(C[C@@H]1S/C(=N/N=C\c2ccccc2)NC1=O)Nc1ccc(Cl)cc1Cl. The van der Waals surface area contributed by atoms with E-state index in [1.54, 1.807) is 18.3 Å². The van der Waals surface area contributed by atoms with Crippen LogP contribution in [0.2, 0.25) is 10.0 Å². The number of thioether (sulfide) groups is 1. The van der Waals surface area contributed by atoms with Gasteiger partial charge in [0.15, 0.2) is 5.17 Å². The highest BCUT2D eigenvalue weighted by Gasteiger charge is 2.32. The molecule has 1 fully saturated rings. The Balaban J connectivity index is 1.56. The molecule has 0 spiro atoms. The summed E-state index contributed by atoms with van der Waals surface area (Å²) in [6.07, 6.45) is 1.57. The van der Waals surface area contributed by atoms with Crippen molar-refractivity contribution in [2.24, 2.45) is 10.2 Å². The van der Waals surface area contributed by atoms with Crippen molar-refractivity contribution in [3.8, 4) is 0 Å². The number of hydrogen-bond donors (Lipinski definition) is 2. The molecule has 1 heterocycles. The second-order valence-corrected chi connectivity index (χ2v) is 7.57. The van der Waals surface area contributed by atoms with Gasteiger partial charge in [0.05, 0.1) is 16.9 Å². The third kappa shape index (κ3) is 5.56. The van der Waals surface area contributed by atoms with Crippen LogP contribution in [-0.4, -0.2) is 28.4 Å². The van der Waals surface area contributed by atoms with Gasteiger partial charge in [0.1, 0.15) is 5.25 Å². The zero-order valence-electron chi connectivity index (χ0n) is 13.9. The lowest BCUT2D eigenvalue weighted by Crippen LogP contribution is -2.28. The molecule has 2 aromatic rings. The number of halogens is 2. The molecule has 0 aliphatic carbocycles. The summed E-state index contributed by atoms with van der Waals surface area (Å²) in [5.74, 6) is -0.619. The van der Waals surface area contributed by atoms with Gasteiger partial charge in [-0.25, -0.2) is 0 Å². The Labute approximate surface area is 170 Å². The number of carbonyl (C=O) groups excluding carboxylic acids is 2. The van der Waals surface area contributed by atoms with Crippen LogP contribution in [0, 0.1) is 0 Å². The molecule has 0 radical (unpaired) electrons. The molecule has 0 aromatic heterocycles. The van der Waals surface area contributed by atoms with Crippen LogP contribution >= 0.6 is 35.0 Å². The Kier molecular flexibility index (Phi) is 6.49. The lowest BCUT2D eigenvalue weighted by molar-refractivity contribution is -0.122. The van der Waals surface area contributed by atoms with E-state index >= 15 is 0 Å². The topological polar surface area (TPSA) is 82.9 Å². The molecule has 0 unspecified atom stereocenters. The van der Waals surface area contributed by atoms with Gasteiger partial charge in [-0.2, -0.15) is 5.10 Å². The van der Waals surface area contributed by atoms with Gasteiger partial charge in [0.2, 0.25) is 11.8 Å². The van der Waals surface area contributed by atoms with Crippen LogP contribution in [0.5, 0.6) is 0 Å². The molecule has 27 heavy (non-hydrogen) atoms. The van der Waals surface area contributed by atoms with Crippen molar-refractivity contribution in [3.63, 3.8) is 0 Å². The number of nitrogens with zero attached hydrogens (tertiary/aromatic N) is 2. The Hall–Kier alpha value is -2.35. The number of rotatable bonds is 5. The van der Waals surface area contributed by atoms with Gasteiger partial charge < -0.3 is 10.6 Å². The summed E-state index contributed by atoms with van der Waals surface area (Å²) in [6, 6.07) is 14.2. The van der Waals surface area contributed by atoms with E-state index in [1.807, 2.05) is 30.3 Å². The number of carbonyl (C=O) groups is 2. The molecule has 6 nitrogen and oxygen atoms in total. The summed E-state index contributed by atoms with van der Waals surface area (Å²) in [5, 5.41) is 13.8. The zero-order chi connectivity index (χ0) is 19.2. The molecule has 9 heteroatoms. The van der Waals surface area contributed by atoms with Gasteiger partial charge in [0.25, 0.3) is 0 Å². The van der Waals surface area contributed by atoms with E-state index in [4.69, 9.17) is 23.2 Å². The van der Waals surface area contributed by atoms with Gasteiger partial charge in [-0.1, -0.05) is 65.3 Å². The van der Waals surface area contributed by atoms with Crippen molar-refractivity contribution in [2.45, 2.75) is 11.7 Å². The van der Waals surface area contributed by atoms with E-state index in [0.29, 0.717) is 20.9 Å². The Bertz CT molecular complexity index is 919. The van der Waals surface area contributed by atoms with Crippen LogP contribution in [0.4, 0.5) is 5.69 Å². The maximum Gasteiger partial charge on any atom is 0.240 e. The summed E-state index contributed by atoms with van der Waals surface area (Å²) in [6.45, 7) is 0. The van der Waals surface area contributed by atoms with Crippen molar-refractivity contribution in [1.29, 1.82) is 0 Å². The third-order valence-electron chi connectivity index (χ3n) is 3.51. The fourth-order valence-electron chi connectivity index (χ4n) is 2.23. The predicted molar refractivity (Wildman–Crippen MR) is 111 cm³/mol. The van der Waals surface area contributed by atoms with Crippen LogP contribution in [0.1, 0.15) is 12.0 Å². The molecule has 138 valence electrons. The molecule has 1 saturated heterocycles. The molecule has 2 N–H and O–H groups in total. The maximum absolute atomic E-state index is 12.2. The fourth-order valence-corrected chi connectivity index (χ4v) is 3.61. The average molecular weight is 421 g/mol. The lowest BCUT2D eigenvalue weighted by atomic mass is 10.2. The minimum absolute atomic E-state index is 0.0170. The number of amides is 2. The summed E-state index contributed by atoms with van der Waals surface area (Å²) in [5.41, 5.74) is 1.34. The molecule has 0 saturated carbocycles. The Morgan fingerprint density at radius 3 is 2.74 bits per heavy atom. The average Bonchev–Trinajstić information content (AvgIpc) is 2.98. The maximum atomic E-state index is 12.2. The molecule has 2 aromatic carbocycles. The third-order valence-corrected chi connectivity index (χ3v) is 5.13. The lowest BCUT2D eigenvalue weighted by Gasteiger charge is -2.09. The van der Waals surface area contributed by atoms with Crippen molar-refractivity contribution in [2.75, 3.05) is 5.32 Å². The fraction of sp³-hybridized carbons (Fsp3) is 0.111. The highest BCUT2D eigenvalue weighted by Crippen LogP contribution is 2.27. The second-order valence-electron chi connectivity index (χ2n) is 5.53. The Morgan fingerprint density at radius 1 is 1.22 bits per heavy atom. The van der Waals surface area contributed by atoms with E-state index in [1.165, 1.54) is 6.07 Å². The zero-order valence-corrected chi connectivity index (χ0v) is 16.2. The second kappa shape index (κ2) is 9.03. The van der Waals surface area contributed by atoms with Crippen LogP contribution in [0.3, 0.4) is 0 Å². The highest BCUT2D eigenvalue weighted by molar-refractivity contribution is 8.15. The summed E-state index contributed by atoms with van der Waals surface area (Å²) in [7, 11) is 0. The van der Waals surface area contributed by atoms with Crippen LogP contribution < -0.4 is 10.6 Å². The first-order valence-corrected chi connectivity index (χ1v) is 9.53. The van der Waals surface area contributed by atoms with Crippen LogP contribution in [-0.2, 0) is 9.59 Å².